The van der Waals surface area contributed by atoms with Crippen LogP contribution in [0.3, 0.4) is 0 Å². The third-order valence-corrected chi connectivity index (χ3v) is 21.5. The van der Waals surface area contributed by atoms with E-state index in [-0.39, 0.29) is 129 Å². The van der Waals surface area contributed by atoms with Crippen molar-refractivity contribution in [3.8, 4) is 0 Å². The van der Waals surface area contributed by atoms with Crippen LogP contribution in [-0.2, 0) is 66.5 Å². The van der Waals surface area contributed by atoms with Gasteiger partial charge in [-0.1, -0.05) is 65.0 Å². The van der Waals surface area contributed by atoms with Crippen molar-refractivity contribution in [1.82, 2.24) is 0 Å². The normalized spacial score (nSPS) is 48.0. The number of ether oxygens (including phenoxy) is 11. The number of carbonyl (C=O) groups is 3. The molecule has 480 valence electrons. The van der Waals surface area contributed by atoms with Gasteiger partial charge in [0.25, 0.3) is 0 Å². The molecule has 10 rings (SSSR count). The second-order valence-electron chi connectivity index (χ2n) is 29.4. The van der Waals surface area contributed by atoms with E-state index in [1.165, 1.54) is 0 Å². The lowest BCUT2D eigenvalue weighted by Gasteiger charge is -2.61. The number of carboxylic acid groups (broad SMARTS) is 2. The quantitative estimate of drug-likeness (QED) is 0.0720. The minimum absolute atomic E-state index is 0.0312. The molecule has 0 aromatic carbocycles. The van der Waals surface area contributed by atoms with Gasteiger partial charge in [0, 0.05) is 56.8 Å². The van der Waals surface area contributed by atoms with Gasteiger partial charge in [-0.05, 0) is 123 Å². The van der Waals surface area contributed by atoms with Gasteiger partial charge in [0.2, 0.25) is 0 Å². The lowest BCUT2D eigenvalue weighted by molar-refractivity contribution is -0.369. The summed E-state index contributed by atoms with van der Waals surface area (Å²) in [6.45, 7) is 26.6. The summed E-state index contributed by atoms with van der Waals surface area (Å²) in [6, 6.07) is 0. The summed E-state index contributed by atoms with van der Waals surface area (Å²) in [5.41, 5.74) is -2.50. The van der Waals surface area contributed by atoms with Crippen LogP contribution in [0.2, 0.25) is 0 Å². The van der Waals surface area contributed by atoms with Gasteiger partial charge < -0.3 is 77.6 Å². The van der Waals surface area contributed by atoms with Crippen molar-refractivity contribution in [2.24, 2.45) is 29.6 Å². The van der Waals surface area contributed by atoms with E-state index in [1.54, 1.807) is 13.8 Å². The highest BCUT2D eigenvalue weighted by Gasteiger charge is 2.65. The van der Waals surface area contributed by atoms with Gasteiger partial charge in [0.1, 0.15) is 17.8 Å². The molecule has 19 nitrogen and oxygen atoms in total. The molecule has 0 amide bonds. The molecule has 10 aliphatic rings. The monoisotopic (exact) mass is 1200 g/mol. The number of hydrogen-bond donors (Lipinski definition) is 5. The van der Waals surface area contributed by atoms with Gasteiger partial charge in [-0.3, -0.25) is 14.4 Å². The molecule has 28 atom stereocenters. The largest absolute Gasteiger partial charge is 0.481 e. The molecule has 0 saturated carbocycles. The van der Waals surface area contributed by atoms with Crippen molar-refractivity contribution >= 4 is 17.9 Å². The fourth-order valence-corrected chi connectivity index (χ4v) is 16.9. The maximum Gasteiger partial charge on any atom is 0.306 e. The van der Waals surface area contributed by atoms with E-state index in [9.17, 15) is 34.8 Å². The summed E-state index contributed by atoms with van der Waals surface area (Å²) in [5.74, 6) is -2.60. The van der Waals surface area contributed by atoms with Crippen molar-refractivity contribution in [3.63, 3.8) is 0 Å². The highest BCUT2D eigenvalue weighted by Crippen LogP contribution is 2.54. The van der Waals surface area contributed by atoms with Crippen molar-refractivity contribution in [2.45, 2.75) is 323 Å². The van der Waals surface area contributed by atoms with Crippen molar-refractivity contribution in [3.05, 3.63) is 36.0 Å². The predicted octanol–water partition coefficient (Wildman–Crippen LogP) is 8.28. The van der Waals surface area contributed by atoms with Crippen molar-refractivity contribution < 1.29 is 92.0 Å². The third kappa shape index (κ3) is 14.0. The molecule has 0 unspecified atom stereocenters. The Morgan fingerprint density at radius 2 is 1.46 bits per heavy atom. The Kier molecular flexibility index (Phi) is 19.5. The fraction of sp³-hybridized carbons (Fsp3) is 0.864. The van der Waals surface area contributed by atoms with Gasteiger partial charge in [-0.15, -0.1) is 0 Å². The molecule has 0 aromatic heterocycles. The first-order valence-corrected chi connectivity index (χ1v) is 32.3. The third-order valence-electron chi connectivity index (χ3n) is 21.5. The van der Waals surface area contributed by atoms with E-state index < -0.39 is 88.6 Å². The lowest BCUT2D eigenvalue weighted by atomic mass is 9.72. The number of esters is 1. The van der Waals surface area contributed by atoms with Crippen LogP contribution in [0.5, 0.6) is 0 Å². The molecule has 10 heterocycles. The van der Waals surface area contributed by atoms with E-state index in [4.69, 9.17) is 57.2 Å². The summed E-state index contributed by atoms with van der Waals surface area (Å²) in [6.07, 6.45) is 6.26. The lowest BCUT2D eigenvalue weighted by Crippen LogP contribution is -2.74. The molecule has 10 aliphatic heterocycles. The van der Waals surface area contributed by atoms with Crippen LogP contribution >= 0.6 is 0 Å². The summed E-state index contributed by atoms with van der Waals surface area (Å²) in [4.78, 5) is 34.9. The predicted molar refractivity (Wildman–Crippen MR) is 310 cm³/mol. The Bertz CT molecular complexity index is 2470. The van der Waals surface area contributed by atoms with Gasteiger partial charge in [0.05, 0.1) is 133 Å². The van der Waals surface area contributed by atoms with Crippen LogP contribution in [0, 0.1) is 29.6 Å². The van der Waals surface area contributed by atoms with Gasteiger partial charge in [0.15, 0.2) is 0 Å². The average molecular weight is 1200 g/mol. The SMILES string of the molecule is C=C1C[C@H]2O[C@@H]3[C@@H](C[C@]2(C)O[C@@H]1C/C(C)=C/[C@H](C)COC(=O)C[C@H](C)CC(=O)O)O[C@H]1C[C@H]2O[C@H]4CC[C@H]5O[C@H]6C[C@H]7O[C@@H](C[C@H](O)C[C@@H]8C[C@H](C)[C@H]([C@@H](C)CC(=O)O)O8)[C@@](C)(O)CC[C@@H]7O[C@]6(C)C[C@]5(C)O[C@@H]4C/C=C\[C@H](C)[C@@H]2O[C@]1(C)[C@H]3O. The number of aliphatic hydroxyl groups excluding tert-OH is 2. The summed E-state index contributed by atoms with van der Waals surface area (Å²) in [5, 5.41) is 54.4. The molecule has 0 aromatic rings. The summed E-state index contributed by atoms with van der Waals surface area (Å²) >= 11 is 0. The summed E-state index contributed by atoms with van der Waals surface area (Å²) < 4.78 is 75.7. The number of fused-ring (bicyclic) bond motifs is 8. The zero-order valence-electron chi connectivity index (χ0n) is 52.4. The zero-order chi connectivity index (χ0) is 61.3. The van der Waals surface area contributed by atoms with Gasteiger partial charge >= 0.3 is 17.9 Å². The Labute approximate surface area is 503 Å². The first-order chi connectivity index (χ1) is 39.9. The zero-order valence-corrected chi connectivity index (χ0v) is 52.4. The second kappa shape index (κ2) is 25.4. The molecule has 5 N–H and O–H groups in total. The number of carbonyl (C=O) groups excluding carboxylic acids is 1. The highest BCUT2D eigenvalue weighted by molar-refractivity contribution is 5.72. The number of aliphatic carboxylic acids is 2. The topological polar surface area (TPSA) is 254 Å². The second-order valence-corrected chi connectivity index (χ2v) is 29.4. The van der Waals surface area contributed by atoms with Crippen LogP contribution in [0.1, 0.15) is 185 Å². The van der Waals surface area contributed by atoms with Crippen LogP contribution in [0.25, 0.3) is 0 Å². The summed E-state index contributed by atoms with van der Waals surface area (Å²) in [7, 11) is 0. The first-order valence-electron chi connectivity index (χ1n) is 32.3. The van der Waals surface area contributed by atoms with Crippen molar-refractivity contribution in [2.75, 3.05) is 6.61 Å². The van der Waals surface area contributed by atoms with Crippen LogP contribution in [0.15, 0.2) is 36.0 Å². The van der Waals surface area contributed by atoms with E-state index in [0.717, 1.165) is 17.6 Å². The Morgan fingerprint density at radius 3 is 2.20 bits per heavy atom. The minimum Gasteiger partial charge on any atom is -0.481 e. The van der Waals surface area contributed by atoms with Crippen LogP contribution < -0.4 is 0 Å². The fourth-order valence-electron chi connectivity index (χ4n) is 16.9. The standard InChI is InChI=1S/C66H102O19/c1-34(20-36(3)32-75-57(72)23-35(2)22-55(68)69)21-46-38(5)25-52-63(9,84-46)31-49-60(81-52)61(73)66(12)54(79-49)30-48-59(85-66)37(4)14-13-15-44-43(77-48)16-17-50-64(10,82-44)33-65(11)53(80-50)29-47-45(83-65)18-19-62(8,74)51(78-47)28-41(67)27-42-24-39(6)58(76-42)40(7)26-56(70)71/h13-14,20,35-37,39-54,58-61,67,73-74H,5,15-19,21-33H2,1-4,6-12H3,(H,68,69)(H,70,71)/b14-13-,34-20+/t35-,36+,37+,39+,40+,41-,42+,43+,44-,45+,46-,47-,48-,49-,50-,51+,52-,53+,54+,58-,59+,60-,61+,62+,63+,64+,65-,66+/m1/s1. The molecule has 0 spiro atoms. The number of hydrogen-bond acceptors (Lipinski definition) is 17. The molecule has 0 bridgehead atoms. The Hall–Kier alpha value is -2.89. The van der Waals surface area contributed by atoms with Gasteiger partial charge in [-0.2, -0.15) is 0 Å². The smallest absolute Gasteiger partial charge is 0.306 e. The number of carboxylic acids is 2. The number of aliphatic hydroxyl groups is 3. The molecule has 0 radical (unpaired) electrons. The molecule has 19 heteroatoms. The molecule has 9 saturated heterocycles. The Balaban J connectivity index is 0.765. The Morgan fingerprint density at radius 1 is 0.741 bits per heavy atom. The highest BCUT2D eigenvalue weighted by atomic mass is 16.7. The molecule has 0 aliphatic carbocycles. The van der Waals surface area contributed by atoms with E-state index in [2.05, 4.69) is 59.4 Å². The molecule has 9 fully saturated rings. The first kappa shape index (κ1) is 65.1. The van der Waals surface area contributed by atoms with Crippen LogP contribution in [-0.4, -0.2) is 188 Å². The van der Waals surface area contributed by atoms with Gasteiger partial charge in [-0.25, -0.2) is 0 Å². The maximum atomic E-state index is 12.5. The molecular formula is C66H102O19. The van der Waals surface area contributed by atoms with Crippen molar-refractivity contribution in [1.29, 1.82) is 0 Å². The molecular weight excluding hydrogens is 1100 g/mol. The minimum atomic E-state index is -1.21. The average Bonchev–Trinajstić information content (AvgIpc) is 1.94. The number of rotatable bonds is 16. The van der Waals surface area contributed by atoms with E-state index >= 15 is 0 Å². The van der Waals surface area contributed by atoms with Crippen LogP contribution in [0.4, 0.5) is 0 Å². The molecule has 85 heavy (non-hydrogen) atoms. The van der Waals surface area contributed by atoms with E-state index in [1.807, 2.05) is 27.7 Å². The van der Waals surface area contributed by atoms with E-state index in [0.29, 0.717) is 77.0 Å². The maximum absolute atomic E-state index is 12.5.